The van der Waals surface area contributed by atoms with Crippen LogP contribution < -0.4 is 5.32 Å². The molecule has 1 N–H and O–H groups in total. The number of carbonyl (C=O) groups is 1. The highest BCUT2D eigenvalue weighted by Crippen LogP contribution is 2.27. The van der Waals surface area contributed by atoms with Gasteiger partial charge >= 0.3 is 0 Å². The van der Waals surface area contributed by atoms with E-state index < -0.39 is 4.92 Å². The van der Waals surface area contributed by atoms with Crippen molar-refractivity contribution >= 4 is 17.3 Å². The molecule has 1 amide bonds. The minimum atomic E-state index is -0.453. The number of non-ortho nitro benzene ring substituents is 1. The number of hydrogen-bond acceptors (Lipinski definition) is 4. The second-order valence-electron chi connectivity index (χ2n) is 7.36. The number of anilines is 1. The Bertz CT molecular complexity index is 817. The van der Waals surface area contributed by atoms with Crippen molar-refractivity contribution < 1.29 is 9.72 Å². The number of nitro groups is 1. The third-order valence-corrected chi connectivity index (χ3v) is 5.46. The molecule has 1 saturated carbocycles. The Morgan fingerprint density at radius 2 is 1.86 bits per heavy atom. The molecule has 1 aliphatic rings. The van der Waals surface area contributed by atoms with Crippen LogP contribution in [0.3, 0.4) is 0 Å². The number of nitrogens with one attached hydrogen (secondary N) is 1. The predicted molar refractivity (Wildman–Crippen MR) is 111 cm³/mol. The lowest BCUT2D eigenvalue weighted by molar-refractivity contribution is -0.384. The van der Waals surface area contributed by atoms with Gasteiger partial charge in [-0.1, -0.05) is 49.6 Å². The maximum Gasteiger partial charge on any atom is 0.270 e. The third kappa shape index (κ3) is 4.88. The molecule has 0 unspecified atom stereocenters. The van der Waals surface area contributed by atoms with Gasteiger partial charge in [-0.15, -0.1) is 0 Å². The normalized spacial score (nSPS) is 14.5. The summed E-state index contributed by atoms with van der Waals surface area (Å²) < 4.78 is 0. The molecule has 0 radical (unpaired) electrons. The molecule has 3 rings (SSSR count). The molecule has 2 aromatic carbocycles. The molecule has 0 spiro atoms. The van der Waals surface area contributed by atoms with E-state index in [9.17, 15) is 14.9 Å². The first-order valence-electron chi connectivity index (χ1n) is 9.89. The average molecular weight is 381 g/mol. The van der Waals surface area contributed by atoms with E-state index in [1.165, 1.54) is 24.1 Å². The van der Waals surface area contributed by atoms with Gasteiger partial charge in [-0.3, -0.25) is 14.9 Å². The van der Waals surface area contributed by atoms with E-state index in [2.05, 4.69) is 17.4 Å². The molecule has 1 aliphatic carbocycles. The van der Waals surface area contributed by atoms with E-state index >= 15 is 0 Å². The van der Waals surface area contributed by atoms with Gasteiger partial charge in [0.15, 0.2) is 0 Å². The highest BCUT2D eigenvalue weighted by molar-refractivity contribution is 6.00. The summed E-state index contributed by atoms with van der Waals surface area (Å²) in [6.07, 6.45) is 6.26. The van der Waals surface area contributed by atoms with Crippen LogP contribution in [0.4, 0.5) is 11.4 Å². The largest absolute Gasteiger partial charge is 0.384 e. The van der Waals surface area contributed by atoms with Gasteiger partial charge in [0.1, 0.15) is 0 Å². The molecular formula is C22H27N3O3. The summed E-state index contributed by atoms with van der Waals surface area (Å²) in [7, 11) is 1.81. The maximum atomic E-state index is 13.1. The van der Waals surface area contributed by atoms with Crippen molar-refractivity contribution in [3.8, 4) is 0 Å². The number of amides is 1. The van der Waals surface area contributed by atoms with Crippen molar-refractivity contribution in [1.29, 1.82) is 0 Å². The number of benzene rings is 2. The number of nitro benzene ring substituents is 1. The molecule has 0 heterocycles. The summed E-state index contributed by atoms with van der Waals surface area (Å²) in [4.78, 5) is 25.7. The molecule has 28 heavy (non-hydrogen) atoms. The molecule has 0 atom stereocenters. The smallest absolute Gasteiger partial charge is 0.270 e. The first-order chi connectivity index (χ1) is 13.6. The van der Waals surface area contributed by atoms with E-state index in [4.69, 9.17) is 0 Å². The predicted octanol–water partition coefficient (Wildman–Crippen LogP) is 4.65. The number of nitrogens with zero attached hydrogens (tertiary/aromatic N) is 2. The Hall–Kier alpha value is -2.89. The first-order valence-corrected chi connectivity index (χ1v) is 9.89. The second-order valence-corrected chi connectivity index (χ2v) is 7.36. The van der Waals surface area contributed by atoms with Crippen LogP contribution >= 0.6 is 0 Å². The van der Waals surface area contributed by atoms with Crippen molar-refractivity contribution in [3.05, 3.63) is 69.8 Å². The van der Waals surface area contributed by atoms with Gasteiger partial charge in [0.2, 0.25) is 0 Å². The van der Waals surface area contributed by atoms with E-state index in [-0.39, 0.29) is 17.6 Å². The Kier molecular flexibility index (Phi) is 6.63. The fourth-order valence-corrected chi connectivity index (χ4v) is 3.79. The number of carbonyl (C=O) groups excluding carboxylic acids is 1. The minimum Gasteiger partial charge on any atom is -0.384 e. The molecule has 0 saturated heterocycles. The van der Waals surface area contributed by atoms with Crippen molar-refractivity contribution in [2.75, 3.05) is 18.9 Å². The molecule has 0 aromatic heterocycles. The van der Waals surface area contributed by atoms with E-state index in [1.54, 1.807) is 11.0 Å². The molecule has 0 aliphatic heterocycles. The average Bonchev–Trinajstić information content (AvgIpc) is 2.74. The highest BCUT2D eigenvalue weighted by atomic mass is 16.6. The fraction of sp³-hybridized carbons (Fsp3) is 0.409. The fourth-order valence-electron chi connectivity index (χ4n) is 3.79. The quantitative estimate of drug-likeness (QED) is 0.559. The Morgan fingerprint density at radius 3 is 2.54 bits per heavy atom. The second kappa shape index (κ2) is 9.35. The zero-order valence-corrected chi connectivity index (χ0v) is 16.3. The van der Waals surface area contributed by atoms with Gasteiger partial charge in [-0.05, 0) is 30.9 Å². The van der Waals surface area contributed by atoms with Crippen molar-refractivity contribution in [3.63, 3.8) is 0 Å². The molecule has 148 valence electrons. The molecule has 0 bridgehead atoms. The van der Waals surface area contributed by atoms with Crippen LogP contribution in [0.25, 0.3) is 0 Å². The molecule has 1 fully saturated rings. The van der Waals surface area contributed by atoms with Gasteiger partial charge < -0.3 is 10.2 Å². The summed E-state index contributed by atoms with van der Waals surface area (Å²) >= 11 is 0. The summed E-state index contributed by atoms with van der Waals surface area (Å²) in [5, 5.41) is 14.5. The Morgan fingerprint density at radius 1 is 1.14 bits per heavy atom. The molecule has 2 aromatic rings. The topological polar surface area (TPSA) is 75.5 Å². The zero-order valence-electron chi connectivity index (χ0n) is 16.3. The van der Waals surface area contributed by atoms with Gasteiger partial charge in [-0.2, -0.15) is 0 Å². The van der Waals surface area contributed by atoms with Gasteiger partial charge in [-0.25, -0.2) is 0 Å². The lowest BCUT2D eigenvalue weighted by Gasteiger charge is -2.31. The Labute approximate surface area is 165 Å². The standard InChI is InChI=1S/C22H27N3O3/c1-24(18-10-6-3-7-11-18)22(26)20-16-19(25(27)28)12-13-21(20)23-15-14-17-8-4-2-5-9-17/h2,4-5,8-9,12-13,16,18,23H,3,6-7,10-11,14-15H2,1H3. The first kappa shape index (κ1) is 19.9. The lowest BCUT2D eigenvalue weighted by Crippen LogP contribution is -2.38. The lowest BCUT2D eigenvalue weighted by atomic mass is 9.94. The van der Waals surface area contributed by atoms with Gasteiger partial charge in [0.25, 0.3) is 11.6 Å². The summed E-state index contributed by atoms with van der Waals surface area (Å²) in [5.74, 6) is -0.155. The van der Waals surface area contributed by atoms with Crippen molar-refractivity contribution in [2.24, 2.45) is 0 Å². The van der Waals surface area contributed by atoms with Crippen LogP contribution in [0.5, 0.6) is 0 Å². The van der Waals surface area contributed by atoms with E-state index in [0.717, 1.165) is 32.1 Å². The number of hydrogen-bond donors (Lipinski definition) is 1. The van der Waals surface area contributed by atoms with E-state index in [1.807, 2.05) is 25.2 Å². The van der Waals surface area contributed by atoms with Crippen molar-refractivity contribution in [2.45, 2.75) is 44.6 Å². The van der Waals surface area contributed by atoms with E-state index in [0.29, 0.717) is 17.8 Å². The SMILES string of the molecule is CN(C(=O)c1cc([N+](=O)[O-])ccc1NCCc1ccccc1)C1CCCCC1. The Balaban J connectivity index is 1.77. The van der Waals surface area contributed by atoms with Gasteiger partial charge in [0.05, 0.1) is 10.5 Å². The summed E-state index contributed by atoms with van der Waals surface area (Å²) in [6.45, 7) is 0.648. The van der Waals surface area contributed by atoms with Crippen molar-refractivity contribution in [1.82, 2.24) is 4.90 Å². The van der Waals surface area contributed by atoms with Crippen LogP contribution in [0, 0.1) is 10.1 Å². The summed E-state index contributed by atoms with van der Waals surface area (Å²) in [5.41, 5.74) is 2.16. The monoisotopic (exact) mass is 381 g/mol. The minimum absolute atomic E-state index is 0.0611. The van der Waals surface area contributed by atoms with Crippen LogP contribution in [-0.4, -0.2) is 35.4 Å². The molecule has 6 heteroatoms. The molecule has 6 nitrogen and oxygen atoms in total. The summed E-state index contributed by atoms with van der Waals surface area (Å²) in [6, 6.07) is 14.8. The van der Waals surface area contributed by atoms with Crippen LogP contribution in [-0.2, 0) is 6.42 Å². The van der Waals surface area contributed by atoms with Crippen LogP contribution in [0.15, 0.2) is 48.5 Å². The highest BCUT2D eigenvalue weighted by Gasteiger charge is 2.26. The number of rotatable bonds is 7. The van der Waals surface area contributed by atoms with Gasteiger partial charge in [0, 0.05) is 37.5 Å². The maximum absolute atomic E-state index is 13.1. The van der Waals surface area contributed by atoms with Crippen LogP contribution in [0.2, 0.25) is 0 Å². The zero-order chi connectivity index (χ0) is 19.9. The third-order valence-electron chi connectivity index (χ3n) is 5.46. The molecular weight excluding hydrogens is 354 g/mol. The van der Waals surface area contributed by atoms with Crippen LogP contribution in [0.1, 0.15) is 48.0 Å².